The first-order chi connectivity index (χ1) is 12.6. The Morgan fingerprint density at radius 3 is 1.73 bits per heavy atom. The zero-order valence-corrected chi connectivity index (χ0v) is 15.1. The van der Waals surface area contributed by atoms with Crippen molar-refractivity contribution in [3.05, 3.63) is 65.2 Å². The van der Waals surface area contributed by atoms with Crippen molar-refractivity contribution in [2.75, 3.05) is 20.8 Å². The molecule has 0 aliphatic rings. The molecule has 0 aliphatic carbocycles. The molecule has 0 fully saturated rings. The molecule has 0 saturated carbocycles. The number of methoxy groups -OCH3 is 2. The van der Waals surface area contributed by atoms with Gasteiger partial charge < -0.3 is 14.2 Å². The predicted octanol–water partition coefficient (Wildman–Crippen LogP) is 3.98. The Bertz CT molecular complexity index is 765. The second-order valence-corrected chi connectivity index (χ2v) is 5.40. The summed E-state index contributed by atoms with van der Waals surface area (Å²) in [4.78, 5) is 11.9. The Kier molecular flexibility index (Phi) is 6.81. The fourth-order valence-electron chi connectivity index (χ4n) is 2.57. The minimum atomic E-state index is -0.427. The fraction of sp³-hybridized carbons (Fsp3) is 0.238. The number of carbonyl (C=O) groups excluding carboxylic acids is 1. The van der Waals surface area contributed by atoms with E-state index in [-0.39, 0.29) is 13.0 Å². The fourth-order valence-corrected chi connectivity index (χ4v) is 2.57. The smallest absolute Gasteiger partial charge is 0.311 e. The summed E-state index contributed by atoms with van der Waals surface area (Å²) in [6.45, 7) is 2.01. The first-order valence-corrected chi connectivity index (χ1v) is 8.20. The second-order valence-electron chi connectivity index (χ2n) is 5.40. The Hall–Kier alpha value is -3.26. The molecule has 0 bridgehead atoms. The van der Waals surface area contributed by atoms with Crippen LogP contribution in [0.5, 0.6) is 11.5 Å². The van der Waals surface area contributed by atoms with Gasteiger partial charge in [-0.05, 0) is 42.3 Å². The zero-order valence-electron chi connectivity index (χ0n) is 15.1. The lowest BCUT2D eigenvalue weighted by atomic mass is 9.92. The summed E-state index contributed by atoms with van der Waals surface area (Å²) in [5.74, 6) is 1.00. The molecule has 2 aromatic rings. The molecule has 0 amide bonds. The van der Waals surface area contributed by atoms with E-state index in [1.807, 2.05) is 48.5 Å². The summed E-state index contributed by atoms with van der Waals surface area (Å²) in [5.41, 5.74) is 2.67. The Morgan fingerprint density at radius 2 is 1.38 bits per heavy atom. The topological polar surface area (TPSA) is 68.6 Å². The van der Waals surface area contributed by atoms with Crippen molar-refractivity contribution < 1.29 is 19.0 Å². The van der Waals surface area contributed by atoms with Crippen molar-refractivity contribution in [3.8, 4) is 17.6 Å². The van der Waals surface area contributed by atoms with Gasteiger partial charge in [-0.15, -0.1) is 0 Å². The van der Waals surface area contributed by atoms with E-state index in [9.17, 15) is 10.1 Å². The minimum absolute atomic E-state index is 0.0856. The van der Waals surface area contributed by atoms with Gasteiger partial charge in [-0.25, -0.2) is 0 Å². The molecular formula is C21H21NO4. The monoisotopic (exact) mass is 351 g/mol. The number of benzene rings is 2. The summed E-state index contributed by atoms with van der Waals surface area (Å²) < 4.78 is 15.4. The third-order valence-corrected chi connectivity index (χ3v) is 3.82. The Balaban J connectivity index is 2.56. The van der Waals surface area contributed by atoms with E-state index in [1.54, 1.807) is 21.1 Å². The lowest BCUT2D eigenvalue weighted by Gasteiger charge is -2.13. The average Bonchev–Trinajstić information content (AvgIpc) is 2.68. The van der Waals surface area contributed by atoms with Crippen molar-refractivity contribution in [2.45, 2.75) is 13.3 Å². The van der Waals surface area contributed by atoms with E-state index in [0.29, 0.717) is 22.6 Å². The van der Waals surface area contributed by atoms with Gasteiger partial charge in [0.2, 0.25) is 0 Å². The van der Waals surface area contributed by atoms with Crippen molar-refractivity contribution in [3.63, 3.8) is 0 Å². The maximum atomic E-state index is 11.9. The van der Waals surface area contributed by atoms with Crippen LogP contribution in [0.2, 0.25) is 0 Å². The minimum Gasteiger partial charge on any atom is -0.497 e. The van der Waals surface area contributed by atoms with Crippen molar-refractivity contribution in [1.29, 1.82) is 5.26 Å². The van der Waals surface area contributed by atoms with E-state index in [2.05, 4.69) is 6.07 Å². The van der Waals surface area contributed by atoms with Gasteiger partial charge in [0.05, 0.1) is 33.3 Å². The highest BCUT2D eigenvalue weighted by Crippen LogP contribution is 2.31. The van der Waals surface area contributed by atoms with E-state index in [4.69, 9.17) is 14.2 Å². The Labute approximate surface area is 153 Å². The predicted molar refractivity (Wildman–Crippen MR) is 98.9 cm³/mol. The molecule has 0 aliphatic heterocycles. The number of nitriles is 1. The third-order valence-electron chi connectivity index (χ3n) is 3.82. The van der Waals surface area contributed by atoms with Crippen LogP contribution in [0.3, 0.4) is 0 Å². The maximum absolute atomic E-state index is 11.9. The van der Waals surface area contributed by atoms with Crippen LogP contribution in [0.1, 0.15) is 24.5 Å². The molecule has 0 saturated heterocycles. The van der Waals surface area contributed by atoms with Gasteiger partial charge >= 0.3 is 5.97 Å². The molecule has 0 radical (unpaired) electrons. The molecule has 0 spiro atoms. The van der Waals surface area contributed by atoms with Crippen LogP contribution in [-0.4, -0.2) is 26.8 Å². The summed E-state index contributed by atoms with van der Waals surface area (Å²) in [7, 11) is 3.19. The first kappa shape index (κ1) is 19.1. The largest absolute Gasteiger partial charge is 0.497 e. The number of nitrogens with zero attached hydrogens (tertiary/aromatic N) is 1. The van der Waals surface area contributed by atoms with Crippen LogP contribution in [0, 0.1) is 11.3 Å². The highest BCUT2D eigenvalue weighted by molar-refractivity contribution is 5.88. The number of carbonyl (C=O) groups is 1. The summed E-state index contributed by atoms with van der Waals surface area (Å²) >= 11 is 0. The van der Waals surface area contributed by atoms with Crippen LogP contribution >= 0.6 is 0 Å². The molecule has 0 heterocycles. The molecule has 0 aromatic heterocycles. The van der Waals surface area contributed by atoms with E-state index in [1.165, 1.54) is 0 Å². The molecule has 2 aromatic carbocycles. The van der Waals surface area contributed by atoms with Gasteiger partial charge in [-0.1, -0.05) is 24.3 Å². The standard InChI is InChI=1S/C21H21NO4/c1-4-26-20(23)13-17(14-22)21(15-5-9-18(24-2)10-6-15)16-7-11-19(25-3)12-8-16/h5-12H,4,13H2,1-3H3. The zero-order chi connectivity index (χ0) is 18.9. The molecule has 2 rings (SSSR count). The second kappa shape index (κ2) is 9.28. The summed E-state index contributed by atoms with van der Waals surface area (Å²) in [6, 6.07) is 16.9. The lowest BCUT2D eigenvalue weighted by Crippen LogP contribution is -2.06. The molecular weight excluding hydrogens is 330 g/mol. The molecule has 0 unspecified atom stereocenters. The van der Waals surface area contributed by atoms with E-state index >= 15 is 0 Å². The molecule has 134 valence electrons. The van der Waals surface area contributed by atoms with Gasteiger partial charge in [0, 0.05) is 11.1 Å². The van der Waals surface area contributed by atoms with Gasteiger partial charge in [-0.2, -0.15) is 5.26 Å². The maximum Gasteiger partial charge on any atom is 0.311 e. The van der Waals surface area contributed by atoms with Crippen LogP contribution in [0.4, 0.5) is 0 Å². The van der Waals surface area contributed by atoms with Gasteiger partial charge in [0.25, 0.3) is 0 Å². The number of rotatable bonds is 7. The SMILES string of the molecule is CCOC(=O)CC(C#N)=C(c1ccc(OC)cc1)c1ccc(OC)cc1. The molecule has 26 heavy (non-hydrogen) atoms. The third kappa shape index (κ3) is 4.64. The van der Waals surface area contributed by atoms with Crippen molar-refractivity contribution in [1.82, 2.24) is 0 Å². The van der Waals surface area contributed by atoms with Crippen LogP contribution in [0.25, 0.3) is 5.57 Å². The van der Waals surface area contributed by atoms with Gasteiger partial charge in [-0.3, -0.25) is 4.79 Å². The van der Waals surface area contributed by atoms with Crippen LogP contribution in [-0.2, 0) is 9.53 Å². The average molecular weight is 351 g/mol. The van der Waals surface area contributed by atoms with Crippen LogP contribution < -0.4 is 9.47 Å². The molecule has 5 heteroatoms. The molecule has 0 N–H and O–H groups in total. The van der Waals surface area contributed by atoms with E-state index < -0.39 is 5.97 Å². The van der Waals surface area contributed by atoms with Crippen molar-refractivity contribution in [2.24, 2.45) is 0 Å². The van der Waals surface area contributed by atoms with Crippen molar-refractivity contribution >= 4 is 11.5 Å². The molecule has 0 atom stereocenters. The summed E-state index contributed by atoms with van der Waals surface area (Å²) in [5, 5.41) is 9.67. The highest BCUT2D eigenvalue weighted by Gasteiger charge is 2.16. The normalized spacial score (nSPS) is 9.77. The van der Waals surface area contributed by atoms with Gasteiger partial charge in [0.1, 0.15) is 11.5 Å². The number of hydrogen-bond acceptors (Lipinski definition) is 5. The number of ether oxygens (including phenoxy) is 3. The Morgan fingerprint density at radius 1 is 0.923 bits per heavy atom. The lowest BCUT2D eigenvalue weighted by molar-refractivity contribution is -0.142. The number of hydrogen-bond donors (Lipinski definition) is 0. The van der Waals surface area contributed by atoms with Crippen LogP contribution in [0.15, 0.2) is 54.1 Å². The number of esters is 1. The van der Waals surface area contributed by atoms with E-state index in [0.717, 1.165) is 11.1 Å². The first-order valence-electron chi connectivity index (χ1n) is 8.20. The molecule has 5 nitrogen and oxygen atoms in total. The quantitative estimate of drug-likeness (QED) is 0.557. The van der Waals surface area contributed by atoms with Gasteiger partial charge in [0.15, 0.2) is 0 Å². The summed E-state index contributed by atoms with van der Waals surface area (Å²) in [6.07, 6.45) is -0.0856. The highest BCUT2D eigenvalue weighted by atomic mass is 16.5.